The lowest BCUT2D eigenvalue weighted by Crippen LogP contribution is -3.00. The van der Waals surface area contributed by atoms with Crippen LogP contribution in [-0.2, 0) is 14.4 Å². The highest BCUT2D eigenvalue weighted by Gasteiger charge is 2.31. The number of nitrogens with two attached hydrogens (primary N) is 1. The Morgan fingerprint density at radius 3 is 2.58 bits per heavy atom. The van der Waals surface area contributed by atoms with Crippen molar-refractivity contribution >= 4 is 41.0 Å². The van der Waals surface area contributed by atoms with Gasteiger partial charge in [0.2, 0.25) is 11.8 Å². The van der Waals surface area contributed by atoms with Gasteiger partial charge in [0.15, 0.2) is 12.6 Å². The molecule has 8 N–H and O–H groups in total. The second-order valence-corrected chi connectivity index (χ2v) is 9.89. The van der Waals surface area contributed by atoms with Crippen LogP contribution in [0.25, 0.3) is 10.9 Å². The first-order valence-corrected chi connectivity index (χ1v) is 13.3. The van der Waals surface area contributed by atoms with Crippen LogP contribution < -0.4 is 51.7 Å². The van der Waals surface area contributed by atoms with Gasteiger partial charge >= 0.3 is 0 Å². The average molecular weight is 597 g/mol. The Morgan fingerprint density at radius 1 is 1.15 bits per heavy atom. The molecule has 40 heavy (non-hydrogen) atoms. The third kappa shape index (κ3) is 10.8. The van der Waals surface area contributed by atoms with Gasteiger partial charge in [-0.05, 0) is 29.6 Å². The Morgan fingerprint density at radius 2 is 1.88 bits per heavy atom. The van der Waals surface area contributed by atoms with E-state index < -0.39 is 18.0 Å². The summed E-state index contributed by atoms with van der Waals surface area (Å²) in [5, 5.41) is 10.3. The summed E-state index contributed by atoms with van der Waals surface area (Å²) in [6.45, 7) is 5.13. The molecule has 0 aliphatic heterocycles. The number of carbonyl (C=O) groups excluding carboxylic acids is 3. The standard InChI is InChI=1S/C27H38N8O3.2ClH/c1-30-11-13-35(14-12-32-29)25(36)17-22(28)26(37)34-24(15-19-7-3-2-4-8-19)27(38)33-21-16-20-9-5-6-10-23(20)31-18-21;;/h5-6,9-10,16,18-19,22,24,29H,1-4,7-8,11-15,17,28H2,(H,33,38)(H,34,37);2*1H/p+1. The van der Waals surface area contributed by atoms with Gasteiger partial charge in [0.05, 0.1) is 30.4 Å². The number of quaternary nitrogens is 1. The molecule has 11 nitrogen and oxygen atoms in total. The molecule has 3 rings (SSSR count). The zero-order valence-electron chi connectivity index (χ0n) is 22.8. The van der Waals surface area contributed by atoms with Gasteiger partial charge in [-0.1, -0.05) is 50.3 Å². The minimum Gasteiger partial charge on any atom is -1.00 e. The minimum atomic E-state index is -0.850. The monoisotopic (exact) mass is 595 g/mol. The van der Waals surface area contributed by atoms with Crippen LogP contribution >= 0.6 is 0 Å². The molecule has 1 heterocycles. The summed E-state index contributed by atoms with van der Waals surface area (Å²) in [5.74, 6) is -0.600. The smallest absolute Gasteiger partial charge is 0.279 e. The molecule has 1 fully saturated rings. The molecule has 0 radical (unpaired) electrons. The number of hydrogen-bond acceptors (Lipinski definition) is 5. The van der Waals surface area contributed by atoms with E-state index in [0.717, 1.165) is 36.6 Å². The van der Waals surface area contributed by atoms with E-state index >= 15 is 0 Å². The molecule has 1 aromatic carbocycles. The molecule has 1 saturated carbocycles. The fraction of sp³-hybridized carbons (Fsp3) is 0.519. The number of fused-ring (bicyclic) bond motifs is 1. The SMILES string of the molecule is C=[NH+]CCN(CCN=[NH2+])C(=O)CC([NH3+])C(=O)NC(CC1CCCCC1)C(=O)Nc1cnc2ccccc2c1.[Cl-].[Cl-]. The Hall–Kier alpha value is -3.15. The van der Waals surface area contributed by atoms with Gasteiger partial charge in [0.25, 0.3) is 5.91 Å². The summed E-state index contributed by atoms with van der Waals surface area (Å²) in [4.78, 5) is 48.1. The number of carbonyl (C=O) groups is 3. The van der Waals surface area contributed by atoms with E-state index in [-0.39, 0.29) is 43.0 Å². The Bertz CT molecular complexity index is 1120. The predicted octanol–water partition coefficient (Wildman–Crippen LogP) is -7.54. The molecule has 0 bridgehead atoms. The van der Waals surface area contributed by atoms with Gasteiger partial charge in [-0.15, -0.1) is 0 Å². The van der Waals surface area contributed by atoms with Crippen molar-refractivity contribution < 1.29 is 55.5 Å². The maximum absolute atomic E-state index is 13.4. The minimum absolute atomic E-state index is 0. The first-order chi connectivity index (χ1) is 18.4. The van der Waals surface area contributed by atoms with E-state index in [4.69, 9.17) is 5.53 Å². The summed E-state index contributed by atoms with van der Waals surface area (Å²) < 4.78 is 0. The summed E-state index contributed by atoms with van der Waals surface area (Å²) in [6.07, 6.45) is 7.59. The highest BCUT2D eigenvalue weighted by Crippen LogP contribution is 2.28. The number of pyridine rings is 1. The van der Waals surface area contributed by atoms with Crippen LogP contribution in [0.15, 0.2) is 41.6 Å². The van der Waals surface area contributed by atoms with Crippen molar-refractivity contribution in [1.29, 1.82) is 0 Å². The molecule has 3 amide bonds. The van der Waals surface area contributed by atoms with Crippen LogP contribution in [0.3, 0.4) is 0 Å². The van der Waals surface area contributed by atoms with E-state index in [1.165, 1.54) is 6.42 Å². The number of nitrogens with one attached hydrogen (secondary N) is 3. The number of para-hydroxylation sites is 1. The molecule has 2 atom stereocenters. The third-order valence-electron chi connectivity index (χ3n) is 6.99. The largest absolute Gasteiger partial charge is 1.00 e. The first kappa shape index (κ1) is 34.9. The molecular formula is C27H41Cl2N8O3+. The van der Waals surface area contributed by atoms with Crippen molar-refractivity contribution in [3.8, 4) is 0 Å². The summed E-state index contributed by atoms with van der Waals surface area (Å²) in [6, 6.07) is 7.94. The fourth-order valence-electron chi connectivity index (χ4n) is 4.83. The normalized spacial score (nSPS) is 14.5. The van der Waals surface area contributed by atoms with Crippen LogP contribution in [0, 0.1) is 5.92 Å². The number of aromatic nitrogens is 1. The van der Waals surface area contributed by atoms with E-state index in [1.54, 1.807) is 11.1 Å². The fourth-order valence-corrected chi connectivity index (χ4v) is 4.83. The molecular weight excluding hydrogens is 555 g/mol. The summed E-state index contributed by atoms with van der Waals surface area (Å²) in [5.41, 5.74) is 10.6. The molecule has 220 valence electrons. The number of anilines is 1. The van der Waals surface area contributed by atoms with E-state index in [0.29, 0.717) is 44.2 Å². The average Bonchev–Trinajstić information content (AvgIpc) is 2.93. The maximum atomic E-state index is 13.4. The number of benzene rings is 1. The van der Waals surface area contributed by atoms with Gasteiger partial charge in [-0.2, -0.15) is 5.53 Å². The lowest BCUT2D eigenvalue weighted by Gasteiger charge is -2.27. The topological polar surface area (TPSA) is 171 Å². The second kappa shape index (κ2) is 18.2. The van der Waals surface area contributed by atoms with Crippen LogP contribution in [0.4, 0.5) is 5.69 Å². The van der Waals surface area contributed by atoms with Gasteiger partial charge in [-0.25, -0.2) is 0 Å². The lowest BCUT2D eigenvalue weighted by atomic mass is 9.84. The molecule has 2 aromatic rings. The van der Waals surface area contributed by atoms with Gasteiger partial charge < -0.3 is 46.1 Å². The molecule has 0 spiro atoms. The third-order valence-corrected chi connectivity index (χ3v) is 6.99. The lowest BCUT2D eigenvalue weighted by molar-refractivity contribution is -0.447. The number of rotatable bonds is 14. The van der Waals surface area contributed by atoms with Crippen LogP contribution in [0.2, 0.25) is 0 Å². The first-order valence-electron chi connectivity index (χ1n) is 13.3. The van der Waals surface area contributed by atoms with E-state index in [9.17, 15) is 14.4 Å². The van der Waals surface area contributed by atoms with Crippen LogP contribution in [0.1, 0.15) is 44.9 Å². The summed E-state index contributed by atoms with van der Waals surface area (Å²) in [7, 11) is 0. The Labute approximate surface area is 247 Å². The van der Waals surface area contributed by atoms with Gasteiger partial charge in [0, 0.05) is 11.9 Å². The van der Waals surface area contributed by atoms with Gasteiger partial charge in [0.1, 0.15) is 19.3 Å². The highest BCUT2D eigenvalue weighted by atomic mass is 35.5. The van der Waals surface area contributed by atoms with Crippen molar-refractivity contribution in [2.45, 2.75) is 57.0 Å². The number of hydrogen-bond donors (Lipinski definition) is 5. The molecule has 0 saturated heterocycles. The van der Waals surface area contributed by atoms with E-state index in [1.807, 2.05) is 30.3 Å². The quantitative estimate of drug-likeness (QED) is 0.108. The summed E-state index contributed by atoms with van der Waals surface area (Å²) >= 11 is 0. The zero-order valence-corrected chi connectivity index (χ0v) is 24.3. The van der Waals surface area contributed by atoms with Crippen molar-refractivity contribution in [1.82, 2.24) is 15.2 Å². The Balaban J connectivity index is 0.00000400. The van der Waals surface area contributed by atoms with Crippen molar-refractivity contribution in [3.63, 3.8) is 0 Å². The molecule has 1 aliphatic rings. The van der Waals surface area contributed by atoms with Crippen LogP contribution in [0.5, 0.6) is 0 Å². The van der Waals surface area contributed by atoms with Crippen molar-refractivity contribution in [3.05, 3.63) is 36.5 Å². The number of halogens is 2. The highest BCUT2D eigenvalue weighted by molar-refractivity contribution is 5.99. The molecule has 2 unspecified atom stereocenters. The van der Waals surface area contributed by atoms with E-state index in [2.05, 4.69) is 38.2 Å². The Kier molecular flexibility index (Phi) is 15.9. The number of amides is 3. The van der Waals surface area contributed by atoms with Crippen molar-refractivity contribution in [2.24, 2.45) is 11.0 Å². The molecule has 1 aliphatic carbocycles. The van der Waals surface area contributed by atoms with Crippen LogP contribution in [-0.4, -0.2) is 72.6 Å². The maximum Gasteiger partial charge on any atom is 0.279 e. The number of nitrogens with zero attached hydrogens (tertiary/aromatic N) is 3. The van der Waals surface area contributed by atoms with Crippen molar-refractivity contribution in [2.75, 3.05) is 31.5 Å². The molecule has 1 aromatic heterocycles. The zero-order chi connectivity index (χ0) is 27.3. The second-order valence-electron chi connectivity index (χ2n) is 9.89. The molecule has 13 heteroatoms. The van der Waals surface area contributed by atoms with Gasteiger partial charge in [-0.3, -0.25) is 24.4 Å². The predicted molar refractivity (Wildman–Crippen MR) is 144 cm³/mol.